The van der Waals surface area contributed by atoms with Crippen molar-refractivity contribution in [2.24, 2.45) is 0 Å². The maximum atomic E-state index is 13.3. The summed E-state index contributed by atoms with van der Waals surface area (Å²) in [5.74, 6) is 1.47. The first kappa shape index (κ1) is 19.7. The van der Waals surface area contributed by atoms with Crippen molar-refractivity contribution < 1.29 is 14.3 Å². The second-order valence-electron chi connectivity index (χ2n) is 7.48. The molecule has 29 heavy (non-hydrogen) atoms. The number of para-hydroxylation sites is 1. The number of hydrogen-bond acceptors (Lipinski definition) is 6. The van der Waals surface area contributed by atoms with Crippen molar-refractivity contribution >= 4 is 32.6 Å². The number of benzene rings is 2. The molecule has 1 aliphatic heterocycles. The van der Waals surface area contributed by atoms with E-state index in [2.05, 4.69) is 24.0 Å². The third-order valence-corrected chi connectivity index (χ3v) is 5.96. The van der Waals surface area contributed by atoms with Gasteiger partial charge in [-0.25, -0.2) is 4.98 Å². The van der Waals surface area contributed by atoms with Crippen LogP contribution < -0.4 is 14.4 Å². The summed E-state index contributed by atoms with van der Waals surface area (Å²) in [4.78, 5) is 22.0. The van der Waals surface area contributed by atoms with E-state index in [0.29, 0.717) is 18.7 Å². The highest BCUT2D eigenvalue weighted by atomic mass is 32.1. The zero-order chi connectivity index (χ0) is 20.4. The fraction of sp³-hybridized carbons (Fsp3) is 0.364. The summed E-state index contributed by atoms with van der Waals surface area (Å²) in [6.45, 7) is 3.84. The van der Waals surface area contributed by atoms with E-state index in [1.54, 1.807) is 11.3 Å². The van der Waals surface area contributed by atoms with Crippen LogP contribution in [-0.4, -0.2) is 49.8 Å². The van der Waals surface area contributed by atoms with Crippen LogP contribution >= 0.6 is 11.3 Å². The summed E-state index contributed by atoms with van der Waals surface area (Å²) >= 11 is 1.57. The Hall–Kier alpha value is -2.64. The number of ether oxygens (including phenoxy) is 2. The lowest BCUT2D eigenvalue weighted by Crippen LogP contribution is -2.34. The van der Waals surface area contributed by atoms with E-state index in [0.717, 1.165) is 45.2 Å². The number of carbonyl (C=O) groups is 1. The maximum absolute atomic E-state index is 13.3. The quantitative estimate of drug-likeness (QED) is 0.591. The van der Waals surface area contributed by atoms with Crippen molar-refractivity contribution in [1.82, 2.24) is 9.88 Å². The number of thiazole rings is 1. The minimum Gasteiger partial charge on any atom is -0.454 e. The Labute approximate surface area is 174 Å². The Morgan fingerprint density at radius 1 is 1.14 bits per heavy atom. The predicted molar refractivity (Wildman–Crippen MR) is 116 cm³/mol. The van der Waals surface area contributed by atoms with Crippen LogP contribution in [0.4, 0.5) is 5.13 Å². The highest BCUT2D eigenvalue weighted by molar-refractivity contribution is 7.22. The SMILES string of the molecule is Cc1cccc2sc(N(CCCN(C)C)C(=O)Cc3ccc4c(c3)OCO4)nc12. The molecule has 152 valence electrons. The number of hydrogen-bond donors (Lipinski definition) is 0. The van der Waals surface area contributed by atoms with E-state index in [4.69, 9.17) is 14.5 Å². The van der Waals surface area contributed by atoms with Gasteiger partial charge in [0.2, 0.25) is 12.7 Å². The fourth-order valence-corrected chi connectivity index (χ4v) is 4.47. The van der Waals surface area contributed by atoms with E-state index in [9.17, 15) is 4.79 Å². The number of aromatic nitrogens is 1. The molecule has 7 heteroatoms. The number of amides is 1. The predicted octanol–water partition coefficient (Wildman–Crippen LogP) is 3.86. The molecule has 0 atom stereocenters. The molecule has 3 aromatic rings. The van der Waals surface area contributed by atoms with Gasteiger partial charge in [0, 0.05) is 6.54 Å². The number of rotatable bonds is 7. The molecule has 0 saturated heterocycles. The molecule has 1 aliphatic rings. The Morgan fingerprint density at radius 2 is 1.97 bits per heavy atom. The Morgan fingerprint density at radius 3 is 2.76 bits per heavy atom. The summed E-state index contributed by atoms with van der Waals surface area (Å²) in [7, 11) is 4.08. The van der Waals surface area contributed by atoms with Crippen LogP contribution in [0.25, 0.3) is 10.2 Å². The van der Waals surface area contributed by atoms with Gasteiger partial charge in [-0.1, -0.05) is 29.5 Å². The number of aryl methyl sites for hydroxylation is 1. The lowest BCUT2D eigenvalue weighted by atomic mass is 10.1. The van der Waals surface area contributed by atoms with Crippen LogP contribution in [0, 0.1) is 6.92 Å². The molecule has 0 unspecified atom stereocenters. The minimum absolute atomic E-state index is 0.0410. The monoisotopic (exact) mass is 411 g/mol. The van der Waals surface area contributed by atoms with Gasteiger partial charge in [0.05, 0.1) is 16.6 Å². The molecule has 0 radical (unpaired) electrons. The van der Waals surface area contributed by atoms with Crippen LogP contribution in [0.5, 0.6) is 11.5 Å². The molecule has 0 spiro atoms. The van der Waals surface area contributed by atoms with Crippen molar-refractivity contribution in [3.63, 3.8) is 0 Å². The summed E-state index contributed by atoms with van der Waals surface area (Å²) in [6.07, 6.45) is 1.18. The van der Waals surface area contributed by atoms with Gasteiger partial charge in [0.1, 0.15) is 0 Å². The van der Waals surface area contributed by atoms with Crippen molar-refractivity contribution in [2.75, 3.05) is 38.9 Å². The number of anilines is 1. The first-order valence-corrected chi connectivity index (χ1v) is 10.5. The molecule has 2 aromatic carbocycles. The number of carbonyl (C=O) groups excluding carboxylic acids is 1. The molecule has 1 aromatic heterocycles. The molecule has 1 amide bonds. The molecular formula is C22H25N3O3S. The Bertz CT molecular complexity index is 1030. The Kier molecular flexibility index (Phi) is 5.69. The largest absolute Gasteiger partial charge is 0.454 e. The van der Waals surface area contributed by atoms with E-state index < -0.39 is 0 Å². The van der Waals surface area contributed by atoms with Crippen LogP contribution in [0.2, 0.25) is 0 Å². The molecular weight excluding hydrogens is 386 g/mol. The topological polar surface area (TPSA) is 54.9 Å². The smallest absolute Gasteiger partial charge is 0.233 e. The molecule has 0 N–H and O–H groups in total. The zero-order valence-corrected chi connectivity index (χ0v) is 17.8. The number of nitrogens with zero attached hydrogens (tertiary/aromatic N) is 3. The van der Waals surface area contributed by atoms with E-state index in [-0.39, 0.29) is 12.7 Å². The molecule has 2 heterocycles. The summed E-state index contributed by atoms with van der Waals surface area (Å²) in [5, 5.41) is 0.763. The molecule has 6 nitrogen and oxygen atoms in total. The second kappa shape index (κ2) is 8.39. The Balaban J connectivity index is 1.58. The van der Waals surface area contributed by atoms with Crippen LogP contribution in [0.1, 0.15) is 17.5 Å². The van der Waals surface area contributed by atoms with Gasteiger partial charge in [-0.2, -0.15) is 0 Å². The van der Waals surface area contributed by atoms with Gasteiger partial charge >= 0.3 is 0 Å². The van der Waals surface area contributed by atoms with Crippen LogP contribution in [0.3, 0.4) is 0 Å². The van der Waals surface area contributed by atoms with E-state index in [1.807, 2.05) is 43.3 Å². The third kappa shape index (κ3) is 4.36. The van der Waals surface area contributed by atoms with Gasteiger partial charge in [0.25, 0.3) is 0 Å². The average Bonchev–Trinajstić information content (AvgIpc) is 3.32. The van der Waals surface area contributed by atoms with Crippen molar-refractivity contribution in [2.45, 2.75) is 19.8 Å². The molecule has 0 aliphatic carbocycles. The van der Waals surface area contributed by atoms with E-state index >= 15 is 0 Å². The highest BCUT2D eigenvalue weighted by Gasteiger charge is 2.22. The van der Waals surface area contributed by atoms with Crippen molar-refractivity contribution in [1.29, 1.82) is 0 Å². The average molecular weight is 412 g/mol. The van der Waals surface area contributed by atoms with E-state index in [1.165, 1.54) is 0 Å². The second-order valence-corrected chi connectivity index (χ2v) is 8.49. The third-order valence-electron chi connectivity index (χ3n) is 4.92. The molecule has 4 rings (SSSR count). The van der Waals surface area contributed by atoms with Gasteiger partial charge in [-0.3, -0.25) is 9.69 Å². The zero-order valence-electron chi connectivity index (χ0n) is 17.0. The normalized spacial score (nSPS) is 12.7. The van der Waals surface area contributed by atoms with Crippen molar-refractivity contribution in [3.05, 3.63) is 47.5 Å². The molecule has 0 saturated carbocycles. The van der Waals surface area contributed by atoms with Gasteiger partial charge in [-0.05, 0) is 63.3 Å². The summed E-state index contributed by atoms with van der Waals surface area (Å²) in [6, 6.07) is 11.8. The van der Waals surface area contributed by atoms with Crippen LogP contribution in [-0.2, 0) is 11.2 Å². The van der Waals surface area contributed by atoms with Gasteiger partial charge in [-0.15, -0.1) is 0 Å². The first-order valence-electron chi connectivity index (χ1n) is 9.71. The minimum atomic E-state index is 0.0410. The van der Waals surface area contributed by atoms with Gasteiger partial charge < -0.3 is 14.4 Å². The van der Waals surface area contributed by atoms with Gasteiger partial charge in [0.15, 0.2) is 16.6 Å². The van der Waals surface area contributed by atoms with Crippen LogP contribution in [0.15, 0.2) is 36.4 Å². The maximum Gasteiger partial charge on any atom is 0.233 e. The van der Waals surface area contributed by atoms with Crippen molar-refractivity contribution in [3.8, 4) is 11.5 Å². The molecule has 0 bridgehead atoms. The lowest BCUT2D eigenvalue weighted by molar-refractivity contribution is -0.118. The summed E-state index contributed by atoms with van der Waals surface area (Å²) < 4.78 is 11.9. The fourth-order valence-electron chi connectivity index (χ4n) is 3.38. The standard InChI is InChI=1S/C22H25N3O3S/c1-15-6-4-7-19-21(15)23-22(29-19)25(11-5-10-24(2)3)20(26)13-16-8-9-17-18(12-16)28-14-27-17/h4,6-9,12H,5,10-11,13-14H2,1-3H3. The first-order chi connectivity index (χ1) is 14.0. The highest BCUT2D eigenvalue weighted by Crippen LogP contribution is 2.34. The number of fused-ring (bicyclic) bond motifs is 2. The summed E-state index contributed by atoms with van der Waals surface area (Å²) in [5.41, 5.74) is 3.01. The lowest BCUT2D eigenvalue weighted by Gasteiger charge is -2.21. The molecule has 0 fully saturated rings.